The van der Waals surface area contributed by atoms with Crippen molar-refractivity contribution in [3.63, 3.8) is 0 Å². The van der Waals surface area contributed by atoms with E-state index >= 15 is 0 Å². The quantitative estimate of drug-likeness (QED) is 0.576. The van der Waals surface area contributed by atoms with E-state index < -0.39 is 9.84 Å². The Kier molecular flexibility index (Phi) is 6.42. The largest absolute Gasteiger partial charge is 0.316 e. The van der Waals surface area contributed by atoms with Crippen molar-refractivity contribution in [2.24, 2.45) is 0 Å². The van der Waals surface area contributed by atoms with Gasteiger partial charge in [0.2, 0.25) is 0 Å². The first kappa shape index (κ1) is 18.6. The molecule has 0 bridgehead atoms. The molecule has 3 rings (SSSR count). The molecule has 0 aliphatic rings. The third-order valence-corrected chi connectivity index (χ3v) is 6.33. The van der Waals surface area contributed by atoms with Gasteiger partial charge < -0.3 is 5.32 Å². The average molecular weight is 368 g/mol. The van der Waals surface area contributed by atoms with Crippen molar-refractivity contribution in [3.05, 3.63) is 78.4 Å². The Morgan fingerprint density at radius 3 is 2.27 bits per heavy atom. The van der Waals surface area contributed by atoms with Crippen LogP contribution >= 0.6 is 0 Å². The Morgan fingerprint density at radius 2 is 1.46 bits per heavy atom. The molecular weight excluding hydrogens is 342 g/mol. The summed E-state index contributed by atoms with van der Waals surface area (Å²) in [6.07, 6.45) is 2.53. The van der Waals surface area contributed by atoms with Crippen molar-refractivity contribution < 1.29 is 8.42 Å². The summed E-state index contributed by atoms with van der Waals surface area (Å²) in [4.78, 5) is 0.424. The zero-order chi connectivity index (χ0) is 18.2. The highest BCUT2D eigenvalue weighted by Crippen LogP contribution is 2.20. The van der Waals surface area contributed by atoms with Crippen molar-refractivity contribution in [1.29, 1.82) is 0 Å². The van der Waals surface area contributed by atoms with Gasteiger partial charge in [-0.1, -0.05) is 60.7 Å². The van der Waals surface area contributed by atoms with Gasteiger partial charge in [-0.2, -0.15) is 0 Å². The Hall–Kier alpha value is -2.17. The van der Waals surface area contributed by atoms with Crippen LogP contribution in [0.4, 0.5) is 0 Å². The van der Waals surface area contributed by atoms with Gasteiger partial charge in [-0.15, -0.1) is 0 Å². The Bertz CT molecular complexity index is 937. The molecule has 26 heavy (non-hydrogen) atoms. The van der Waals surface area contributed by atoms with E-state index in [2.05, 4.69) is 17.4 Å². The molecule has 3 aromatic carbocycles. The third-order valence-electron chi connectivity index (χ3n) is 4.53. The van der Waals surface area contributed by atoms with E-state index in [1.807, 2.05) is 48.5 Å². The fraction of sp³-hybridized carbons (Fsp3) is 0.273. The van der Waals surface area contributed by atoms with Crippen molar-refractivity contribution >= 4 is 20.6 Å². The lowest BCUT2D eigenvalue weighted by atomic mass is 10.1. The summed E-state index contributed by atoms with van der Waals surface area (Å²) in [5, 5.41) is 5.42. The zero-order valence-electron chi connectivity index (χ0n) is 14.9. The monoisotopic (exact) mass is 367 g/mol. The summed E-state index contributed by atoms with van der Waals surface area (Å²) in [7, 11) is -3.22. The van der Waals surface area contributed by atoms with Crippen LogP contribution in [0.15, 0.2) is 77.7 Å². The zero-order valence-corrected chi connectivity index (χ0v) is 15.7. The predicted molar refractivity (Wildman–Crippen MR) is 108 cm³/mol. The minimum Gasteiger partial charge on any atom is -0.316 e. The van der Waals surface area contributed by atoms with Crippen LogP contribution in [0.1, 0.15) is 18.4 Å². The van der Waals surface area contributed by atoms with Crippen molar-refractivity contribution in [2.45, 2.75) is 24.2 Å². The molecule has 0 heterocycles. The van der Waals surface area contributed by atoms with Crippen LogP contribution in [-0.2, 0) is 16.3 Å². The van der Waals surface area contributed by atoms with Crippen LogP contribution in [0.2, 0.25) is 0 Å². The summed E-state index contributed by atoms with van der Waals surface area (Å²) < 4.78 is 25.1. The second-order valence-electron chi connectivity index (χ2n) is 6.52. The molecule has 3 nitrogen and oxygen atoms in total. The molecule has 0 aliphatic carbocycles. The number of fused-ring (bicyclic) bond motifs is 1. The highest BCUT2D eigenvalue weighted by Gasteiger charge is 2.14. The first-order chi connectivity index (χ1) is 12.6. The van der Waals surface area contributed by atoms with Crippen molar-refractivity contribution in [3.8, 4) is 0 Å². The number of benzene rings is 3. The number of hydrogen-bond donors (Lipinski definition) is 1. The van der Waals surface area contributed by atoms with Gasteiger partial charge >= 0.3 is 0 Å². The smallest absolute Gasteiger partial charge is 0.178 e. The molecule has 1 N–H and O–H groups in total. The van der Waals surface area contributed by atoms with Gasteiger partial charge in [0.15, 0.2) is 9.84 Å². The molecule has 0 atom stereocenters. The van der Waals surface area contributed by atoms with Crippen LogP contribution in [0.25, 0.3) is 10.8 Å². The third kappa shape index (κ3) is 5.16. The van der Waals surface area contributed by atoms with E-state index in [1.165, 1.54) is 5.56 Å². The van der Waals surface area contributed by atoms with Crippen LogP contribution in [0, 0.1) is 0 Å². The number of nitrogens with one attached hydrogen (secondary N) is 1. The van der Waals surface area contributed by atoms with E-state index in [-0.39, 0.29) is 5.75 Å². The number of hydrogen-bond acceptors (Lipinski definition) is 3. The van der Waals surface area contributed by atoms with E-state index in [0.29, 0.717) is 11.3 Å². The summed E-state index contributed by atoms with van der Waals surface area (Å²) in [5.74, 6) is 0.200. The lowest BCUT2D eigenvalue weighted by Crippen LogP contribution is -2.19. The van der Waals surface area contributed by atoms with Crippen LogP contribution < -0.4 is 5.32 Å². The van der Waals surface area contributed by atoms with E-state index in [4.69, 9.17) is 0 Å². The molecule has 4 heteroatoms. The number of unbranched alkanes of at least 4 members (excludes halogenated alkanes) is 1. The Balaban J connectivity index is 1.41. The standard InChI is InChI=1S/C22H25NO2S/c24-26(25,22-13-12-20-10-4-5-11-21(20)18-22)17-7-6-15-23-16-14-19-8-2-1-3-9-19/h1-5,8-13,18,23H,6-7,14-17H2. The fourth-order valence-corrected chi connectivity index (χ4v) is 4.42. The van der Waals surface area contributed by atoms with Gasteiger partial charge in [0.1, 0.15) is 0 Å². The van der Waals surface area contributed by atoms with Gasteiger partial charge in [0.05, 0.1) is 10.6 Å². The van der Waals surface area contributed by atoms with Gasteiger partial charge in [-0.25, -0.2) is 8.42 Å². The Labute approximate surface area is 156 Å². The lowest BCUT2D eigenvalue weighted by molar-refractivity contribution is 0.587. The lowest BCUT2D eigenvalue weighted by Gasteiger charge is -2.07. The van der Waals surface area contributed by atoms with Crippen molar-refractivity contribution in [2.75, 3.05) is 18.8 Å². The normalized spacial score (nSPS) is 11.7. The minimum absolute atomic E-state index is 0.200. The van der Waals surface area contributed by atoms with Crippen LogP contribution in [0.5, 0.6) is 0 Å². The molecule has 0 fully saturated rings. The minimum atomic E-state index is -3.22. The highest BCUT2D eigenvalue weighted by atomic mass is 32.2. The number of sulfone groups is 1. The molecule has 3 aromatic rings. The molecule has 0 aromatic heterocycles. The fourth-order valence-electron chi connectivity index (χ4n) is 3.02. The Morgan fingerprint density at radius 1 is 0.731 bits per heavy atom. The number of rotatable bonds is 9. The van der Waals surface area contributed by atoms with E-state index in [1.54, 1.807) is 12.1 Å². The highest BCUT2D eigenvalue weighted by molar-refractivity contribution is 7.91. The SMILES string of the molecule is O=S(=O)(CCCCNCCc1ccccc1)c1ccc2ccccc2c1. The molecular formula is C22H25NO2S. The molecule has 0 unspecified atom stereocenters. The summed E-state index contributed by atoms with van der Waals surface area (Å²) in [5.41, 5.74) is 1.32. The van der Waals surface area contributed by atoms with E-state index in [0.717, 1.165) is 36.7 Å². The molecule has 0 radical (unpaired) electrons. The maximum absolute atomic E-state index is 12.5. The first-order valence-electron chi connectivity index (χ1n) is 9.11. The molecule has 0 saturated carbocycles. The van der Waals surface area contributed by atoms with Crippen LogP contribution in [-0.4, -0.2) is 27.3 Å². The molecule has 0 amide bonds. The maximum Gasteiger partial charge on any atom is 0.178 e. The van der Waals surface area contributed by atoms with Gasteiger partial charge in [-0.05, 0) is 60.8 Å². The second-order valence-corrected chi connectivity index (χ2v) is 8.63. The van der Waals surface area contributed by atoms with Gasteiger partial charge in [0, 0.05) is 0 Å². The average Bonchev–Trinajstić information content (AvgIpc) is 2.67. The summed E-state index contributed by atoms with van der Waals surface area (Å²) >= 11 is 0. The molecule has 0 saturated heterocycles. The van der Waals surface area contributed by atoms with Crippen molar-refractivity contribution in [1.82, 2.24) is 5.32 Å². The summed E-state index contributed by atoms with van der Waals surface area (Å²) in [6.45, 7) is 1.77. The second kappa shape index (κ2) is 8.97. The summed E-state index contributed by atoms with van der Waals surface area (Å²) in [6, 6.07) is 23.6. The molecule has 0 aliphatic heterocycles. The maximum atomic E-state index is 12.5. The molecule has 0 spiro atoms. The predicted octanol–water partition coefficient (Wildman–Crippen LogP) is 4.23. The first-order valence-corrected chi connectivity index (χ1v) is 10.8. The molecule has 136 valence electrons. The van der Waals surface area contributed by atoms with Crippen LogP contribution in [0.3, 0.4) is 0 Å². The van der Waals surface area contributed by atoms with E-state index in [9.17, 15) is 8.42 Å². The van der Waals surface area contributed by atoms with Gasteiger partial charge in [0.25, 0.3) is 0 Å². The van der Waals surface area contributed by atoms with Gasteiger partial charge in [-0.3, -0.25) is 0 Å². The topological polar surface area (TPSA) is 46.2 Å².